The van der Waals surface area contributed by atoms with Crippen molar-refractivity contribution in [2.45, 2.75) is 19.3 Å². The van der Waals surface area contributed by atoms with E-state index in [1.807, 2.05) is 0 Å². The Hall–Kier alpha value is -2.11. The van der Waals surface area contributed by atoms with Crippen LogP contribution in [0, 0.1) is 0 Å². The molecule has 0 spiro atoms. The molecule has 0 bridgehead atoms. The molecule has 0 saturated carbocycles. The molecule has 0 aromatic carbocycles. The first kappa shape index (κ1) is 11.4. The van der Waals surface area contributed by atoms with Crippen molar-refractivity contribution in [1.82, 2.24) is 4.98 Å². The van der Waals surface area contributed by atoms with E-state index in [4.69, 9.17) is 0 Å². The summed E-state index contributed by atoms with van der Waals surface area (Å²) in [5.41, 5.74) is 0.474. The Balaban J connectivity index is 2.42. The summed E-state index contributed by atoms with van der Waals surface area (Å²) >= 11 is 0. The van der Waals surface area contributed by atoms with Crippen molar-refractivity contribution in [3.63, 3.8) is 0 Å². The van der Waals surface area contributed by atoms with Gasteiger partial charge in [-0.25, -0.2) is 4.79 Å². The summed E-state index contributed by atoms with van der Waals surface area (Å²) in [5.74, 6) is -0.275. The monoisotopic (exact) mass is 237 g/mol. The van der Waals surface area contributed by atoms with Gasteiger partial charge in [-0.05, 0) is 18.9 Å². The molecule has 1 aromatic heterocycles. The summed E-state index contributed by atoms with van der Waals surface area (Å²) in [6.45, 7) is 0. The highest BCUT2D eigenvalue weighted by molar-refractivity contribution is 5.98. The van der Waals surface area contributed by atoms with Crippen molar-refractivity contribution < 1.29 is 19.1 Å². The number of pyridine rings is 1. The van der Waals surface area contributed by atoms with Crippen LogP contribution in [0.2, 0.25) is 0 Å². The maximum atomic E-state index is 11.6. The van der Waals surface area contributed by atoms with Gasteiger partial charge in [0.05, 0.1) is 7.11 Å². The minimum Gasteiger partial charge on any atom is -0.437 e. The molecule has 0 fully saturated rings. The molecule has 0 amide bonds. The Morgan fingerprint density at radius 3 is 2.82 bits per heavy atom. The second-order valence-electron chi connectivity index (χ2n) is 3.69. The molecule has 1 aliphatic carbocycles. The third kappa shape index (κ3) is 2.20. The molecule has 1 aromatic rings. The van der Waals surface area contributed by atoms with Crippen LogP contribution in [-0.4, -0.2) is 24.0 Å². The number of hydrogen-bond acceptors (Lipinski definition) is 5. The molecule has 0 radical (unpaired) electrons. The molecule has 0 atom stereocenters. The van der Waals surface area contributed by atoms with E-state index >= 15 is 0 Å². The standard InChI is InChI=1S/C11H11NO5/c1-16-11(15)17-9-5-6-7(12-10(9)14)3-2-4-8(6)13/h5H,2-4H2,1H3,(H,12,14). The third-order valence-corrected chi connectivity index (χ3v) is 2.58. The van der Waals surface area contributed by atoms with Crippen LogP contribution < -0.4 is 10.3 Å². The molecule has 1 aliphatic rings. The summed E-state index contributed by atoms with van der Waals surface area (Å²) in [4.78, 5) is 36.6. The zero-order valence-electron chi connectivity index (χ0n) is 9.24. The van der Waals surface area contributed by atoms with Crippen LogP contribution in [0.25, 0.3) is 0 Å². The van der Waals surface area contributed by atoms with E-state index in [1.54, 1.807) is 0 Å². The van der Waals surface area contributed by atoms with Crippen LogP contribution in [0.5, 0.6) is 5.75 Å². The molecular formula is C11H11NO5. The van der Waals surface area contributed by atoms with Gasteiger partial charge in [0.25, 0.3) is 5.56 Å². The van der Waals surface area contributed by atoms with Gasteiger partial charge in [-0.1, -0.05) is 0 Å². The maximum absolute atomic E-state index is 11.6. The Kier molecular flexibility index (Phi) is 2.95. The second kappa shape index (κ2) is 4.40. The molecule has 0 saturated heterocycles. The molecule has 0 unspecified atom stereocenters. The molecule has 1 heterocycles. The number of Topliss-reactive ketones (excluding diaryl/α,β-unsaturated/α-hetero) is 1. The van der Waals surface area contributed by atoms with Crippen molar-refractivity contribution in [2.24, 2.45) is 0 Å². The minimum absolute atomic E-state index is 0.0581. The highest BCUT2D eigenvalue weighted by atomic mass is 16.7. The van der Waals surface area contributed by atoms with Crippen molar-refractivity contribution >= 4 is 11.9 Å². The number of H-pyrrole nitrogens is 1. The molecule has 17 heavy (non-hydrogen) atoms. The van der Waals surface area contributed by atoms with E-state index in [0.717, 1.165) is 13.5 Å². The number of aryl methyl sites for hydroxylation is 1. The number of rotatable bonds is 1. The number of carbonyl (C=O) groups is 2. The van der Waals surface area contributed by atoms with Crippen LogP contribution in [0.3, 0.4) is 0 Å². The summed E-state index contributed by atoms with van der Waals surface area (Å²) in [7, 11) is 1.14. The number of nitrogens with one attached hydrogen (secondary N) is 1. The lowest BCUT2D eigenvalue weighted by atomic mass is 9.95. The largest absolute Gasteiger partial charge is 0.513 e. The highest BCUT2D eigenvalue weighted by Crippen LogP contribution is 2.20. The summed E-state index contributed by atoms with van der Waals surface area (Å²) in [5, 5.41) is 0. The predicted molar refractivity (Wildman–Crippen MR) is 57.4 cm³/mol. The second-order valence-corrected chi connectivity index (χ2v) is 3.69. The van der Waals surface area contributed by atoms with Gasteiger partial charge in [0.15, 0.2) is 11.5 Å². The number of ketones is 1. The number of hydrogen-bond donors (Lipinski definition) is 1. The maximum Gasteiger partial charge on any atom is 0.513 e. The Labute approximate surface area is 96.5 Å². The van der Waals surface area contributed by atoms with Crippen molar-refractivity contribution in [3.8, 4) is 5.75 Å². The normalized spacial score (nSPS) is 14.1. The fraction of sp³-hybridized carbons (Fsp3) is 0.364. The number of aromatic nitrogens is 1. The first-order chi connectivity index (χ1) is 8.11. The molecule has 0 aliphatic heterocycles. The van der Waals surface area contributed by atoms with Crippen LogP contribution >= 0.6 is 0 Å². The van der Waals surface area contributed by atoms with Gasteiger partial charge in [0.1, 0.15) is 0 Å². The van der Waals surface area contributed by atoms with Crippen LogP contribution in [-0.2, 0) is 11.2 Å². The SMILES string of the molecule is COC(=O)Oc1cc2c([nH]c1=O)CCCC2=O. The first-order valence-electron chi connectivity index (χ1n) is 5.17. The fourth-order valence-electron chi connectivity index (χ4n) is 1.76. The van der Waals surface area contributed by atoms with Gasteiger partial charge in [0, 0.05) is 17.7 Å². The van der Waals surface area contributed by atoms with Crippen LogP contribution in [0.4, 0.5) is 4.79 Å². The van der Waals surface area contributed by atoms with Crippen LogP contribution in [0.1, 0.15) is 28.9 Å². The Bertz CT molecular complexity index is 531. The number of fused-ring (bicyclic) bond motifs is 1. The lowest BCUT2D eigenvalue weighted by Crippen LogP contribution is -2.22. The number of carbonyl (C=O) groups excluding carboxylic acids is 2. The average molecular weight is 237 g/mol. The zero-order valence-corrected chi connectivity index (χ0v) is 9.24. The highest BCUT2D eigenvalue weighted by Gasteiger charge is 2.21. The van der Waals surface area contributed by atoms with Gasteiger partial charge in [-0.15, -0.1) is 0 Å². The molecular weight excluding hydrogens is 226 g/mol. The minimum atomic E-state index is -0.987. The molecule has 2 rings (SSSR count). The van der Waals surface area contributed by atoms with E-state index < -0.39 is 11.7 Å². The quantitative estimate of drug-likeness (QED) is 0.737. The van der Waals surface area contributed by atoms with E-state index in [2.05, 4.69) is 14.5 Å². The van der Waals surface area contributed by atoms with Crippen molar-refractivity contribution in [2.75, 3.05) is 7.11 Å². The van der Waals surface area contributed by atoms with Gasteiger partial charge < -0.3 is 14.5 Å². The average Bonchev–Trinajstić information content (AvgIpc) is 2.31. The smallest absolute Gasteiger partial charge is 0.437 e. The lowest BCUT2D eigenvalue weighted by molar-refractivity contribution is 0.0968. The topological polar surface area (TPSA) is 85.5 Å². The number of ether oxygens (including phenoxy) is 2. The molecule has 6 heteroatoms. The summed E-state index contributed by atoms with van der Waals surface area (Å²) in [6.07, 6.45) is 0.823. The van der Waals surface area contributed by atoms with E-state index in [1.165, 1.54) is 6.07 Å². The van der Waals surface area contributed by atoms with Crippen molar-refractivity contribution in [1.29, 1.82) is 0 Å². The van der Waals surface area contributed by atoms with Crippen molar-refractivity contribution in [3.05, 3.63) is 27.7 Å². The molecule has 1 N–H and O–H groups in total. The van der Waals surface area contributed by atoms with E-state index in [9.17, 15) is 14.4 Å². The summed E-state index contributed by atoms with van der Waals surface area (Å²) < 4.78 is 8.93. The Morgan fingerprint density at radius 2 is 2.12 bits per heavy atom. The molecule has 90 valence electrons. The van der Waals surface area contributed by atoms with Gasteiger partial charge in [-0.2, -0.15) is 0 Å². The fourth-order valence-corrected chi connectivity index (χ4v) is 1.76. The predicted octanol–water partition coefficient (Wildman–Crippen LogP) is 1.04. The van der Waals surface area contributed by atoms with E-state index in [-0.39, 0.29) is 11.5 Å². The first-order valence-corrected chi connectivity index (χ1v) is 5.17. The van der Waals surface area contributed by atoms with Gasteiger partial charge in [-0.3, -0.25) is 9.59 Å². The zero-order chi connectivity index (χ0) is 12.4. The number of methoxy groups -OCH3 is 1. The Morgan fingerprint density at radius 1 is 1.35 bits per heavy atom. The molecule has 6 nitrogen and oxygen atoms in total. The summed E-state index contributed by atoms with van der Waals surface area (Å²) in [6, 6.07) is 1.30. The van der Waals surface area contributed by atoms with Crippen LogP contribution in [0.15, 0.2) is 10.9 Å². The third-order valence-electron chi connectivity index (χ3n) is 2.58. The van der Waals surface area contributed by atoms with Gasteiger partial charge >= 0.3 is 6.16 Å². The number of aromatic amines is 1. The lowest BCUT2D eigenvalue weighted by Gasteiger charge is -2.14. The van der Waals surface area contributed by atoms with E-state index in [0.29, 0.717) is 24.1 Å². The van der Waals surface area contributed by atoms with Gasteiger partial charge in [0.2, 0.25) is 0 Å².